The number of alkyl carbamates (subject to hydrolysis) is 1. The van der Waals surface area contributed by atoms with Gasteiger partial charge in [0.25, 0.3) is 5.92 Å². The van der Waals surface area contributed by atoms with Crippen LogP contribution in [0.25, 0.3) is 0 Å². The molecule has 0 spiro atoms. The number of aliphatic carboxylic acids is 1. The van der Waals surface area contributed by atoms with Crippen molar-refractivity contribution in [2.45, 2.75) is 115 Å². The minimum absolute atomic E-state index is 0.0412. The van der Waals surface area contributed by atoms with Crippen LogP contribution in [0.4, 0.5) is 13.6 Å². The van der Waals surface area contributed by atoms with Crippen molar-refractivity contribution >= 4 is 12.1 Å². The van der Waals surface area contributed by atoms with Crippen molar-refractivity contribution in [1.29, 1.82) is 0 Å². The largest absolute Gasteiger partial charge is 0.480 e. The van der Waals surface area contributed by atoms with Crippen LogP contribution < -0.4 is 5.32 Å². The first kappa shape index (κ1) is 38.8. The van der Waals surface area contributed by atoms with Gasteiger partial charge in [-0.1, -0.05) is 70.4 Å². The van der Waals surface area contributed by atoms with E-state index in [1.165, 1.54) is 7.11 Å². The predicted molar refractivity (Wildman–Crippen MR) is 161 cm³/mol. The number of unbranched alkanes of at least 4 members (excludes halogenated alkanes) is 3. The predicted octanol–water partition coefficient (Wildman–Crippen LogP) is 5.34. The molecular weight excluding hydrogens is 596 g/mol. The fraction of sp³-hybridized carbons (Fsp3) is 0.750. The molecule has 1 saturated heterocycles. The van der Waals surface area contributed by atoms with Crippen LogP contribution in [0.15, 0.2) is 30.3 Å². The van der Waals surface area contributed by atoms with Crippen molar-refractivity contribution in [2.24, 2.45) is 0 Å². The minimum atomic E-state index is -3.82. The number of carboxylic acid groups (broad SMARTS) is 1. The van der Waals surface area contributed by atoms with Crippen molar-refractivity contribution in [3.63, 3.8) is 0 Å². The Morgan fingerprint density at radius 3 is 2.16 bits per heavy atom. The van der Waals surface area contributed by atoms with E-state index in [1.54, 1.807) is 30.3 Å². The quantitative estimate of drug-likeness (QED) is 0.119. The maximum Gasteiger partial charge on any atom is 0.408 e. The molecule has 13 heteroatoms. The third-order valence-corrected chi connectivity index (χ3v) is 7.25. The summed E-state index contributed by atoms with van der Waals surface area (Å²) in [4.78, 5) is 24.5. The number of ether oxygens (including phenoxy) is 7. The first-order valence-electron chi connectivity index (χ1n) is 15.8. The Morgan fingerprint density at radius 2 is 1.56 bits per heavy atom. The SMILES string of the molecule is CCCCOC[C@H]1O[C@H](C(F)(F)C[C@H](NC(=O)OCc2ccccc2)C(=O)O)[C@H](OCOC)[C@@H](OCCCC)[C@H]1OCCCC. The standard InChI is InChI=1S/C32H51F2NO10/c1-5-8-16-40-21-25-26(41-17-9-6-2)27(42-18-10-7-3)28(44-22-39-4)29(45-25)32(33,34)19-24(30(36)37)35-31(38)43-20-23-14-12-11-13-15-23/h11-15,24-29H,5-10,16-22H2,1-4H3,(H,35,38)(H,36,37)/t24-,25+,26-,27-,28+,29-/m0/s1. The van der Waals surface area contributed by atoms with Gasteiger partial charge in [-0.05, 0) is 24.8 Å². The number of carboxylic acids is 1. The highest BCUT2D eigenvalue weighted by molar-refractivity contribution is 5.80. The molecule has 0 radical (unpaired) electrons. The second-order valence-electron chi connectivity index (χ2n) is 11.0. The first-order chi connectivity index (χ1) is 21.7. The van der Waals surface area contributed by atoms with E-state index in [2.05, 4.69) is 5.32 Å². The first-order valence-corrected chi connectivity index (χ1v) is 15.8. The van der Waals surface area contributed by atoms with Crippen LogP contribution in [0.1, 0.15) is 71.3 Å². The molecule has 6 atom stereocenters. The molecule has 0 aromatic heterocycles. The van der Waals surface area contributed by atoms with E-state index in [-0.39, 0.29) is 26.6 Å². The van der Waals surface area contributed by atoms with Gasteiger partial charge < -0.3 is 43.6 Å². The van der Waals surface area contributed by atoms with Crippen molar-refractivity contribution in [2.75, 3.05) is 40.3 Å². The molecule has 1 aromatic rings. The second-order valence-corrected chi connectivity index (χ2v) is 11.0. The highest BCUT2D eigenvalue weighted by atomic mass is 19.3. The summed E-state index contributed by atoms with van der Waals surface area (Å²) in [5.74, 6) is -5.48. The summed E-state index contributed by atoms with van der Waals surface area (Å²) in [5, 5.41) is 11.8. The third kappa shape index (κ3) is 13.5. The number of carbonyl (C=O) groups is 2. The fourth-order valence-corrected chi connectivity index (χ4v) is 4.78. The number of hydrogen-bond acceptors (Lipinski definition) is 9. The molecule has 0 saturated carbocycles. The number of alkyl halides is 2. The number of amides is 1. The highest BCUT2D eigenvalue weighted by Crippen LogP contribution is 2.39. The van der Waals surface area contributed by atoms with E-state index in [4.69, 9.17) is 33.2 Å². The van der Waals surface area contributed by atoms with E-state index in [1.807, 2.05) is 20.8 Å². The molecule has 2 N–H and O–H groups in total. The number of nitrogens with one attached hydrogen (secondary N) is 1. The van der Waals surface area contributed by atoms with Crippen molar-refractivity contribution in [3.05, 3.63) is 35.9 Å². The van der Waals surface area contributed by atoms with Gasteiger partial charge in [0.2, 0.25) is 0 Å². The summed E-state index contributed by atoms with van der Waals surface area (Å²) in [7, 11) is 1.36. The summed E-state index contributed by atoms with van der Waals surface area (Å²) >= 11 is 0. The zero-order valence-electron chi connectivity index (χ0n) is 26.9. The lowest BCUT2D eigenvalue weighted by molar-refractivity contribution is -0.314. The average molecular weight is 648 g/mol. The minimum Gasteiger partial charge on any atom is -0.480 e. The number of halogens is 2. The number of methoxy groups -OCH3 is 1. The topological polar surface area (TPSA) is 131 Å². The van der Waals surface area contributed by atoms with Crippen LogP contribution in [0.2, 0.25) is 0 Å². The van der Waals surface area contributed by atoms with Gasteiger partial charge in [0.05, 0.1) is 6.61 Å². The molecule has 11 nitrogen and oxygen atoms in total. The molecule has 2 rings (SSSR count). The summed E-state index contributed by atoms with van der Waals surface area (Å²) in [6, 6.07) is 6.68. The van der Waals surface area contributed by atoms with Gasteiger partial charge in [-0.25, -0.2) is 18.4 Å². The molecule has 1 amide bonds. The van der Waals surface area contributed by atoms with Gasteiger partial charge in [0, 0.05) is 33.4 Å². The van der Waals surface area contributed by atoms with Crippen molar-refractivity contribution < 1.29 is 56.6 Å². The van der Waals surface area contributed by atoms with E-state index < -0.39 is 61.0 Å². The third-order valence-electron chi connectivity index (χ3n) is 7.25. The van der Waals surface area contributed by atoms with Gasteiger partial charge in [0.1, 0.15) is 43.9 Å². The zero-order valence-corrected chi connectivity index (χ0v) is 26.9. The van der Waals surface area contributed by atoms with Crippen molar-refractivity contribution in [1.82, 2.24) is 5.32 Å². The van der Waals surface area contributed by atoms with Gasteiger partial charge in [-0.15, -0.1) is 0 Å². The average Bonchev–Trinajstić information content (AvgIpc) is 3.02. The normalized spacial score (nSPS) is 22.6. The molecule has 45 heavy (non-hydrogen) atoms. The lowest BCUT2D eigenvalue weighted by atomic mass is 9.88. The lowest BCUT2D eigenvalue weighted by Gasteiger charge is -2.48. The van der Waals surface area contributed by atoms with E-state index in [9.17, 15) is 14.7 Å². The second kappa shape index (κ2) is 21.4. The van der Waals surface area contributed by atoms with E-state index in [0.29, 0.717) is 25.2 Å². The van der Waals surface area contributed by atoms with Crippen LogP contribution in [-0.4, -0.2) is 100.0 Å². The van der Waals surface area contributed by atoms with Crippen LogP contribution in [0.3, 0.4) is 0 Å². The molecule has 0 bridgehead atoms. The maximum atomic E-state index is 16.3. The Hall–Kier alpha value is -2.42. The zero-order chi connectivity index (χ0) is 33.1. The van der Waals surface area contributed by atoms with Crippen LogP contribution in [-0.2, 0) is 44.6 Å². The Bertz CT molecular complexity index is 957. The van der Waals surface area contributed by atoms with E-state index in [0.717, 1.165) is 32.1 Å². The monoisotopic (exact) mass is 647 g/mol. The smallest absolute Gasteiger partial charge is 0.408 e. The lowest BCUT2D eigenvalue weighted by Crippen LogP contribution is -2.66. The summed E-state index contributed by atoms with van der Waals surface area (Å²) < 4.78 is 72.6. The summed E-state index contributed by atoms with van der Waals surface area (Å²) in [6.45, 7) is 6.45. The van der Waals surface area contributed by atoms with Gasteiger partial charge in [-0.2, -0.15) is 0 Å². The number of rotatable bonds is 23. The molecule has 258 valence electrons. The van der Waals surface area contributed by atoms with Crippen LogP contribution in [0, 0.1) is 0 Å². The molecule has 0 aliphatic carbocycles. The Morgan fingerprint density at radius 1 is 0.933 bits per heavy atom. The van der Waals surface area contributed by atoms with Crippen molar-refractivity contribution in [3.8, 4) is 0 Å². The number of carbonyl (C=O) groups excluding carboxylic acids is 1. The highest BCUT2D eigenvalue weighted by Gasteiger charge is 2.58. The van der Waals surface area contributed by atoms with Gasteiger partial charge in [0.15, 0.2) is 6.10 Å². The van der Waals surface area contributed by atoms with Gasteiger partial charge >= 0.3 is 12.1 Å². The summed E-state index contributed by atoms with van der Waals surface area (Å²) in [5.41, 5.74) is 0.649. The molecule has 1 fully saturated rings. The van der Waals surface area contributed by atoms with Crippen LogP contribution >= 0.6 is 0 Å². The van der Waals surface area contributed by atoms with Crippen LogP contribution in [0.5, 0.6) is 0 Å². The molecular formula is C32H51F2NO10. The fourth-order valence-electron chi connectivity index (χ4n) is 4.78. The molecule has 1 aromatic carbocycles. The molecule has 1 aliphatic heterocycles. The maximum absolute atomic E-state index is 16.3. The molecule has 1 heterocycles. The van der Waals surface area contributed by atoms with E-state index >= 15 is 8.78 Å². The molecule has 1 aliphatic rings. The Balaban J connectivity index is 2.34. The Labute approximate surface area is 265 Å². The Kier molecular flexibility index (Phi) is 18.4. The molecule has 0 unspecified atom stereocenters. The number of hydrogen-bond donors (Lipinski definition) is 2. The number of benzene rings is 1. The summed E-state index contributed by atoms with van der Waals surface area (Å²) in [6.07, 6.45) is -3.85. The van der Waals surface area contributed by atoms with Gasteiger partial charge in [-0.3, -0.25) is 0 Å².